The lowest BCUT2D eigenvalue weighted by Gasteiger charge is -2.39. The van der Waals surface area contributed by atoms with Crippen LogP contribution in [0, 0.1) is 6.92 Å². The predicted molar refractivity (Wildman–Crippen MR) is 77.6 cm³/mol. The van der Waals surface area contributed by atoms with Crippen LogP contribution < -0.4 is 10.2 Å². The van der Waals surface area contributed by atoms with Gasteiger partial charge in [0.05, 0.1) is 0 Å². The first kappa shape index (κ1) is 14.1. The standard InChI is InChI=1S/C14H24N4O/c1-3-15-13-11(2)14(17-10-16-13)18(8-5-9-19)12-6-4-7-12/h10,12,19H,3-9H2,1-2H3,(H,15,16,17). The van der Waals surface area contributed by atoms with Crippen LogP contribution in [-0.4, -0.2) is 40.8 Å². The van der Waals surface area contributed by atoms with Crippen molar-refractivity contribution in [1.82, 2.24) is 9.97 Å². The molecule has 1 heterocycles. The van der Waals surface area contributed by atoms with Crippen molar-refractivity contribution in [3.63, 3.8) is 0 Å². The van der Waals surface area contributed by atoms with E-state index >= 15 is 0 Å². The average molecular weight is 264 g/mol. The molecule has 2 rings (SSSR count). The Morgan fingerprint density at radius 1 is 1.42 bits per heavy atom. The third-order valence-electron chi connectivity index (χ3n) is 3.75. The van der Waals surface area contributed by atoms with E-state index in [0.29, 0.717) is 6.04 Å². The van der Waals surface area contributed by atoms with Crippen molar-refractivity contribution in [3.8, 4) is 0 Å². The van der Waals surface area contributed by atoms with Crippen LogP contribution in [0.1, 0.15) is 38.2 Å². The molecule has 19 heavy (non-hydrogen) atoms. The molecule has 0 aliphatic heterocycles. The summed E-state index contributed by atoms with van der Waals surface area (Å²) in [6, 6.07) is 0.578. The summed E-state index contributed by atoms with van der Waals surface area (Å²) in [5, 5.41) is 12.3. The van der Waals surface area contributed by atoms with E-state index < -0.39 is 0 Å². The number of aliphatic hydroxyl groups excluding tert-OH is 1. The fourth-order valence-corrected chi connectivity index (χ4v) is 2.48. The van der Waals surface area contributed by atoms with E-state index in [1.807, 2.05) is 0 Å². The summed E-state index contributed by atoms with van der Waals surface area (Å²) < 4.78 is 0. The topological polar surface area (TPSA) is 61.3 Å². The highest BCUT2D eigenvalue weighted by Gasteiger charge is 2.27. The molecule has 0 radical (unpaired) electrons. The number of anilines is 2. The van der Waals surface area contributed by atoms with Crippen LogP contribution >= 0.6 is 0 Å². The Balaban J connectivity index is 2.21. The second kappa shape index (κ2) is 6.70. The lowest BCUT2D eigenvalue weighted by atomic mass is 9.91. The van der Waals surface area contributed by atoms with Gasteiger partial charge >= 0.3 is 0 Å². The monoisotopic (exact) mass is 264 g/mol. The van der Waals surface area contributed by atoms with E-state index in [9.17, 15) is 0 Å². The lowest BCUT2D eigenvalue weighted by Crippen LogP contribution is -2.42. The molecule has 0 unspecified atom stereocenters. The number of aliphatic hydroxyl groups is 1. The smallest absolute Gasteiger partial charge is 0.137 e. The molecular weight excluding hydrogens is 240 g/mol. The minimum atomic E-state index is 0.230. The van der Waals surface area contributed by atoms with Crippen molar-refractivity contribution in [1.29, 1.82) is 0 Å². The van der Waals surface area contributed by atoms with Crippen LogP contribution in [0.2, 0.25) is 0 Å². The first-order valence-corrected chi connectivity index (χ1v) is 7.21. The molecule has 1 aliphatic carbocycles. The number of hydrogen-bond donors (Lipinski definition) is 2. The summed E-state index contributed by atoms with van der Waals surface area (Å²) in [5.74, 6) is 1.94. The fourth-order valence-electron chi connectivity index (χ4n) is 2.48. The van der Waals surface area contributed by atoms with E-state index in [0.717, 1.165) is 36.7 Å². The summed E-state index contributed by atoms with van der Waals surface area (Å²) in [4.78, 5) is 11.1. The molecule has 2 N–H and O–H groups in total. The summed E-state index contributed by atoms with van der Waals surface area (Å²) >= 11 is 0. The maximum absolute atomic E-state index is 9.07. The molecule has 1 aromatic rings. The number of nitrogens with one attached hydrogen (secondary N) is 1. The molecular formula is C14H24N4O. The molecule has 5 nitrogen and oxygen atoms in total. The zero-order chi connectivity index (χ0) is 13.7. The van der Waals surface area contributed by atoms with Gasteiger partial charge in [0.15, 0.2) is 0 Å². The molecule has 1 aromatic heterocycles. The highest BCUT2D eigenvalue weighted by molar-refractivity contribution is 5.58. The maximum atomic E-state index is 9.07. The zero-order valence-corrected chi connectivity index (χ0v) is 11.9. The van der Waals surface area contributed by atoms with Crippen LogP contribution in [0.15, 0.2) is 6.33 Å². The molecule has 1 aliphatic rings. The van der Waals surface area contributed by atoms with Gasteiger partial charge in [-0.1, -0.05) is 0 Å². The van der Waals surface area contributed by atoms with Crippen molar-refractivity contribution in [3.05, 3.63) is 11.9 Å². The van der Waals surface area contributed by atoms with Crippen LogP contribution in [-0.2, 0) is 0 Å². The van der Waals surface area contributed by atoms with Crippen LogP contribution in [0.5, 0.6) is 0 Å². The Morgan fingerprint density at radius 3 is 2.79 bits per heavy atom. The number of aromatic nitrogens is 2. The van der Waals surface area contributed by atoms with E-state index in [1.54, 1.807) is 6.33 Å². The van der Waals surface area contributed by atoms with Crippen LogP contribution in [0.25, 0.3) is 0 Å². The Morgan fingerprint density at radius 2 is 2.21 bits per heavy atom. The molecule has 0 saturated heterocycles. The van der Waals surface area contributed by atoms with E-state index in [4.69, 9.17) is 5.11 Å². The average Bonchev–Trinajstić information content (AvgIpc) is 2.35. The highest BCUT2D eigenvalue weighted by Crippen LogP contribution is 2.31. The van der Waals surface area contributed by atoms with Gasteiger partial charge in [-0.15, -0.1) is 0 Å². The Labute approximate surface area is 115 Å². The predicted octanol–water partition coefficient (Wildman–Crippen LogP) is 1.96. The minimum absolute atomic E-state index is 0.230. The minimum Gasteiger partial charge on any atom is -0.396 e. The molecule has 0 bridgehead atoms. The van der Waals surface area contributed by atoms with Gasteiger partial charge in [0.2, 0.25) is 0 Å². The second-order valence-electron chi connectivity index (χ2n) is 5.06. The Kier molecular flexibility index (Phi) is 4.96. The molecule has 0 amide bonds. The quantitative estimate of drug-likeness (QED) is 0.788. The van der Waals surface area contributed by atoms with Crippen LogP contribution in [0.3, 0.4) is 0 Å². The van der Waals surface area contributed by atoms with Gasteiger partial charge in [-0.2, -0.15) is 0 Å². The van der Waals surface area contributed by atoms with Gasteiger partial charge < -0.3 is 15.3 Å². The summed E-state index contributed by atoms with van der Waals surface area (Å²) in [6.45, 7) is 6.09. The largest absolute Gasteiger partial charge is 0.396 e. The molecule has 106 valence electrons. The molecule has 5 heteroatoms. The first-order chi connectivity index (χ1) is 9.27. The molecule has 1 saturated carbocycles. The van der Waals surface area contributed by atoms with Crippen molar-refractivity contribution in [2.45, 2.75) is 45.6 Å². The number of hydrogen-bond acceptors (Lipinski definition) is 5. The Hall–Kier alpha value is -1.36. The lowest BCUT2D eigenvalue weighted by molar-refractivity contribution is 0.282. The Bertz CT molecular complexity index is 406. The van der Waals surface area contributed by atoms with Gasteiger partial charge in [-0.3, -0.25) is 0 Å². The van der Waals surface area contributed by atoms with Crippen molar-refractivity contribution in [2.75, 3.05) is 29.9 Å². The van der Waals surface area contributed by atoms with Crippen molar-refractivity contribution < 1.29 is 5.11 Å². The highest BCUT2D eigenvalue weighted by atomic mass is 16.3. The van der Waals surface area contributed by atoms with E-state index in [2.05, 4.69) is 34.0 Å². The number of rotatable bonds is 7. The zero-order valence-electron chi connectivity index (χ0n) is 11.9. The maximum Gasteiger partial charge on any atom is 0.137 e. The summed E-state index contributed by atoms with van der Waals surface area (Å²) in [5.41, 5.74) is 1.11. The molecule has 0 spiro atoms. The number of nitrogens with zero attached hydrogens (tertiary/aromatic N) is 3. The SMILES string of the molecule is CCNc1ncnc(N(CCCO)C2CCC2)c1C. The van der Waals surface area contributed by atoms with Crippen molar-refractivity contribution in [2.24, 2.45) is 0 Å². The summed E-state index contributed by atoms with van der Waals surface area (Å²) in [6.07, 6.45) is 6.17. The summed E-state index contributed by atoms with van der Waals surface area (Å²) in [7, 11) is 0. The third-order valence-corrected chi connectivity index (χ3v) is 3.75. The normalized spacial score (nSPS) is 15.1. The van der Waals surface area contributed by atoms with Gasteiger partial charge in [-0.25, -0.2) is 9.97 Å². The third kappa shape index (κ3) is 3.15. The van der Waals surface area contributed by atoms with E-state index in [1.165, 1.54) is 19.3 Å². The van der Waals surface area contributed by atoms with Gasteiger partial charge in [0.25, 0.3) is 0 Å². The van der Waals surface area contributed by atoms with Crippen LogP contribution in [0.4, 0.5) is 11.6 Å². The van der Waals surface area contributed by atoms with Gasteiger partial charge in [0, 0.05) is 31.3 Å². The van der Waals surface area contributed by atoms with Gasteiger partial charge in [-0.05, 0) is 39.5 Å². The molecule has 0 aromatic carbocycles. The fraction of sp³-hybridized carbons (Fsp3) is 0.714. The first-order valence-electron chi connectivity index (χ1n) is 7.21. The molecule has 0 atom stereocenters. The second-order valence-corrected chi connectivity index (χ2v) is 5.06. The molecule has 1 fully saturated rings. The van der Waals surface area contributed by atoms with Crippen molar-refractivity contribution >= 4 is 11.6 Å². The van der Waals surface area contributed by atoms with Gasteiger partial charge in [0.1, 0.15) is 18.0 Å². The van der Waals surface area contributed by atoms with E-state index in [-0.39, 0.29) is 6.61 Å².